The number of hydrogen-bond acceptors (Lipinski definition) is 5. The molecular formula is C22H41ClN4O2Si2. The Balaban J connectivity index is 2.31. The Morgan fingerprint density at radius 2 is 1.55 bits per heavy atom. The Morgan fingerprint density at radius 3 is 2.10 bits per heavy atom. The predicted molar refractivity (Wildman–Crippen MR) is 135 cm³/mol. The van der Waals surface area contributed by atoms with E-state index < -0.39 is 16.6 Å². The average molecular weight is 485 g/mol. The lowest BCUT2D eigenvalue weighted by Gasteiger charge is -2.42. The second-order valence-electron chi connectivity index (χ2n) is 11.6. The van der Waals surface area contributed by atoms with Crippen LogP contribution in [0.2, 0.25) is 41.4 Å². The van der Waals surface area contributed by atoms with Crippen molar-refractivity contribution >= 4 is 39.4 Å². The van der Waals surface area contributed by atoms with E-state index in [1.807, 2.05) is 4.57 Å². The number of fused-ring (bicyclic) bond motifs is 1. The van der Waals surface area contributed by atoms with Gasteiger partial charge in [-0.2, -0.15) is 0 Å². The molecule has 2 rings (SSSR count). The summed E-state index contributed by atoms with van der Waals surface area (Å²) in [6.45, 7) is 26.3. The van der Waals surface area contributed by atoms with Crippen molar-refractivity contribution in [3.8, 4) is 0 Å². The van der Waals surface area contributed by atoms with Crippen LogP contribution in [-0.2, 0) is 15.4 Å². The van der Waals surface area contributed by atoms with Crippen LogP contribution in [0.25, 0.3) is 11.2 Å². The van der Waals surface area contributed by atoms with Crippen LogP contribution >= 0.6 is 11.6 Å². The van der Waals surface area contributed by atoms with Crippen molar-refractivity contribution in [1.82, 2.24) is 19.5 Å². The van der Waals surface area contributed by atoms with Crippen molar-refractivity contribution in [3.63, 3.8) is 0 Å². The Morgan fingerprint density at radius 1 is 0.968 bits per heavy atom. The summed E-state index contributed by atoms with van der Waals surface area (Å²) >= 11 is 6.21. The molecule has 0 radical (unpaired) electrons. The van der Waals surface area contributed by atoms with Gasteiger partial charge < -0.3 is 13.4 Å². The SMILES string of the molecule is C[C@@H](O[Si](C)(C)C(C)(C)C)[C@H](CO[Si](C)(C)C(C)(C)C)Cn1cnc2c(Cl)ncnc21. The fraction of sp³-hybridized carbons (Fsp3) is 0.773. The zero-order valence-corrected chi connectivity index (χ0v) is 24.0. The van der Waals surface area contributed by atoms with Gasteiger partial charge >= 0.3 is 0 Å². The van der Waals surface area contributed by atoms with Gasteiger partial charge in [0.15, 0.2) is 27.4 Å². The van der Waals surface area contributed by atoms with E-state index in [2.05, 4.69) is 89.6 Å². The van der Waals surface area contributed by atoms with Gasteiger partial charge in [-0.3, -0.25) is 0 Å². The van der Waals surface area contributed by atoms with Crippen LogP contribution in [0.5, 0.6) is 0 Å². The van der Waals surface area contributed by atoms with Crippen LogP contribution in [-0.4, -0.2) is 48.9 Å². The summed E-state index contributed by atoms with van der Waals surface area (Å²) in [6, 6.07) is 0. The van der Waals surface area contributed by atoms with Crippen molar-refractivity contribution in [2.75, 3.05) is 6.61 Å². The molecule has 0 aromatic carbocycles. The highest BCUT2D eigenvalue weighted by atomic mass is 35.5. The van der Waals surface area contributed by atoms with Crippen molar-refractivity contribution in [2.45, 2.75) is 97.4 Å². The van der Waals surface area contributed by atoms with Crippen molar-refractivity contribution in [3.05, 3.63) is 17.8 Å². The van der Waals surface area contributed by atoms with Crippen molar-refractivity contribution in [1.29, 1.82) is 0 Å². The standard InChI is InChI=1S/C22H41ClN4O2Si2/c1-16(29-31(10,11)22(5,6)7)17(13-28-30(8,9)21(2,3)4)12-27-15-26-18-19(23)24-14-25-20(18)27/h14-17H,12-13H2,1-11H3/t16-,17+/m1/s1. The molecule has 0 saturated heterocycles. The molecule has 9 heteroatoms. The number of imidazole rings is 1. The quantitative estimate of drug-likeness (QED) is 0.315. The summed E-state index contributed by atoms with van der Waals surface area (Å²) in [5.41, 5.74) is 1.38. The van der Waals surface area contributed by atoms with Gasteiger partial charge in [0.2, 0.25) is 0 Å². The van der Waals surface area contributed by atoms with Gasteiger partial charge in [0, 0.05) is 25.2 Å². The Bertz CT molecular complexity index is 888. The monoisotopic (exact) mass is 484 g/mol. The van der Waals surface area contributed by atoms with E-state index in [0.29, 0.717) is 23.8 Å². The first kappa shape index (κ1) is 26.4. The molecular weight excluding hydrogens is 444 g/mol. The minimum Gasteiger partial charge on any atom is -0.416 e. The lowest BCUT2D eigenvalue weighted by atomic mass is 10.1. The van der Waals surface area contributed by atoms with Gasteiger partial charge in [0.25, 0.3) is 0 Å². The van der Waals surface area contributed by atoms with Gasteiger partial charge in [0.1, 0.15) is 11.8 Å². The zero-order valence-electron chi connectivity index (χ0n) is 21.2. The minimum atomic E-state index is -1.92. The molecule has 2 aromatic heterocycles. The molecule has 2 atom stereocenters. The van der Waals surface area contributed by atoms with E-state index >= 15 is 0 Å². The number of hydrogen-bond donors (Lipinski definition) is 0. The zero-order chi connectivity index (χ0) is 23.8. The van der Waals surface area contributed by atoms with Gasteiger partial charge in [-0.05, 0) is 43.2 Å². The van der Waals surface area contributed by atoms with Crippen LogP contribution in [0.15, 0.2) is 12.7 Å². The van der Waals surface area contributed by atoms with Crippen LogP contribution < -0.4 is 0 Å². The fourth-order valence-electron chi connectivity index (χ4n) is 2.84. The first-order valence-corrected chi connectivity index (χ1v) is 17.3. The van der Waals surface area contributed by atoms with E-state index in [0.717, 1.165) is 5.65 Å². The first-order chi connectivity index (χ1) is 14.0. The Hall–Kier alpha value is -0.806. The third-order valence-corrected chi connectivity index (χ3v) is 16.6. The summed E-state index contributed by atoms with van der Waals surface area (Å²) in [5, 5.41) is 0.682. The maximum absolute atomic E-state index is 6.78. The molecule has 0 amide bonds. The number of rotatable bonds is 8. The van der Waals surface area contributed by atoms with Crippen LogP contribution in [0.4, 0.5) is 0 Å². The summed E-state index contributed by atoms with van der Waals surface area (Å²) in [5.74, 6) is 0.161. The van der Waals surface area contributed by atoms with E-state index in [9.17, 15) is 0 Å². The Labute approximate surface area is 195 Å². The first-order valence-electron chi connectivity index (χ1n) is 11.1. The van der Waals surface area contributed by atoms with Gasteiger partial charge in [-0.1, -0.05) is 53.1 Å². The molecule has 2 heterocycles. The summed E-state index contributed by atoms with van der Waals surface area (Å²) in [7, 11) is -3.81. The molecule has 0 unspecified atom stereocenters. The smallest absolute Gasteiger partial charge is 0.192 e. The molecule has 0 aliphatic carbocycles. The number of halogens is 1. The molecule has 0 fully saturated rings. The lowest BCUT2D eigenvalue weighted by molar-refractivity contribution is 0.0816. The van der Waals surface area contributed by atoms with Gasteiger partial charge in [-0.15, -0.1) is 0 Å². The maximum Gasteiger partial charge on any atom is 0.192 e. The molecule has 0 saturated carbocycles. The fourth-order valence-corrected chi connectivity index (χ4v) is 5.56. The maximum atomic E-state index is 6.78. The topological polar surface area (TPSA) is 62.1 Å². The van der Waals surface area contributed by atoms with Crippen molar-refractivity contribution < 1.29 is 8.85 Å². The predicted octanol–water partition coefficient (Wildman–Crippen LogP) is 6.53. The lowest BCUT2D eigenvalue weighted by Crippen LogP contribution is -2.48. The van der Waals surface area contributed by atoms with Crippen LogP contribution in [0.1, 0.15) is 48.5 Å². The molecule has 0 spiro atoms. The molecule has 31 heavy (non-hydrogen) atoms. The third kappa shape index (κ3) is 6.16. The summed E-state index contributed by atoms with van der Waals surface area (Å²) in [6.07, 6.45) is 3.32. The molecule has 2 aromatic rings. The third-order valence-electron chi connectivity index (χ3n) is 7.20. The molecule has 0 aliphatic heterocycles. The normalized spacial score (nSPS) is 16.0. The van der Waals surface area contributed by atoms with E-state index in [1.54, 1.807) is 6.33 Å². The second kappa shape index (κ2) is 9.21. The van der Waals surface area contributed by atoms with Gasteiger partial charge in [-0.25, -0.2) is 15.0 Å². The molecule has 0 aliphatic rings. The highest BCUT2D eigenvalue weighted by molar-refractivity contribution is 6.74. The highest BCUT2D eigenvalue weighted by Crippen LogP contribution is 2.39. The highest BCUT2D eigenvalue weighted by Gasteiger charge is 2.41. The largest absolute Gasteiger partial charge is 0.416 e. The van der Waals surface area contributed by atoms with E-state index in [1.165, 1.54) is 6.33 Å². The summed E-state index contributed by atoms with van der Waals surface area (Å²) in [4.78, 5) is 12.9. The average Bonchev–Trinajstić information content (AvgIpc) is 3.00. The van der Waals surface area contributed by atoms with E-state index in [4.69, 9.17) is 20.5 Å². The van der Waals surface area contributed by atoms with Crippen LogP contribution in [0.3, 0.4) is 0 Å². The van der Waals surface area contributed by atoms with Gasteiger partial charge in [0.05, 0.1) is 6.33 Å². The molecule has 0 bridgehead atoms. The summed E-state index contributed by atoms with van der Waals surface area (Å²) < 4.78 is 15.5. The van der Waals surface area contributed by atoms with Crippen LogP contribution in [0, 0.1) is 5.92 Å². The molecule has 6 nitrogen and oxygen atoms in total. The number of aromatic nitrogens is 4. The van der Waals surface area contributed by atoms with E-state index in [-0.39, 0.29) is 22.1 Å². The molecule has 0 N–H and O–H groups in total. The second-order valence-corrected chi connectivity index (χ2v) is 21.6. The van der Waals surface area contributed by atoms with Crippen molar-refractivity contribution in [2.24, 2.45) is 5.92 Å². The Kier molecular flexibility index (Phi) is 7.86. The molecule has 176 valence electrons. The minimum absolute atomic E-state index is 0.0421. The number of nitrogens with zero attached hydrogens (tertiary/aromatic N) is 4.